The van der Waals surface area contributed by atoms with Crippen LogP contribution < -0.4 is 9.64 Å². The molecule has 3 aromatic rings. The van der Waals surface area contributed by atoms with Gasteiger partial charge in [0, 0.05) is 49.1 Å². The van der Waals surface area contributed by atoms with Crippen molar-refractivity contribution in [3.8, 4) is 5.75 Å². The summed E-state index contributed by atoms with van der Waals surface area (Å²) in [4.78, 5) is 28.4. The van der Waals surface area contributed by atoms with E-state index in [0.717, 1.165) is 42.9 Å². The lowest BCUT2D eigenvalue weighted by molar-refractivity contribution is -0.384. The lowest BCUT2D eigenvalue weighted by atomic mass is 10.00. The molecule has 1 fully saturated rings. The fourth-order valence-corrected chi connectivity index (χ4v) is 4.32. The van der Waals surface area contributed by atoms with E-state index in [-0.39, 0.29) is 22.6 Å². The predicted molar refractivity (Wildman–Crippen MR) is 128 cm³/mol. The molecule has 0 atom stereocenters. The van der Waals surface area contributed by atoms with E-state index in [1.165, 1.54) is 6.07 Å². The SMILES string of the molecule is COc1ccc(N(C(=O)c2ccccc2)C2CCN(Cc3cccc([N+](=O)[O-])c3)CC2)cc1. The van der Waals surface area contributed by atoms with Crippen LogP contribution in [-0.2, 0) is 6.54 Å². The van der Waals surface area contributed by atoms with Crippen LogP contribution in [0.25, 0.3) is 0 Å². The first-order valence-corrected chi connectivity index (χ1v) is 11.0. The third kappa shape index (κ3) is 5.38. The number of nitro benzene ring substituents is 1. The van der Waals surface area contributed by atoms with Crippen molar-refractivity contribution in [2.45, 2.75) is 25.4 Å². The first-order valence-electron chi connectivity index (χ1n) is 11.0. The van der Waals surface area contributed by atoms with Gasteiger partial charge in [-0.1, -0.05) is 30.3 Å². The number of hydrogen-bond donors (Lipinski definition) is 0. The van der Waals surface area contributed by atoms with E-state index >= 15 is 0 Å². The van der Waals surface area contributed by atoms with Crippen LogP contribution in [0.3, 0.4) is 0 Å². The summed E-state index contributed by atoms with van der Waals surface area (Å²) < 4.78 is 5.28. The minimum atomic E-state index is -0.363. The van der Waals surface area contributed by atoms with E-state index in [9.17, 15) is 14.9 Å². The highest BCUT2D eigenvalue weighted by Crippen LogP contribution is 2.28. The molecule has 33 heavy (non-hydrogen) atoms. The Morgan fingerprint density at radius 2 is 1.73 bits per heavy atom. The van der Waals surface area contributed by atoms with Crippen molar-refractivity contribution in [1.29, 1.82) is 0 Å². The number of likely N-dealkylation sites (tertiary alicyclic amines) is 1. The fraction of sp³-hybridized carbons (Fsp3) is 0.269. The van der Waals surface area contributed by atoms with Gasteiger partial charge in [-0.25, -0.2) is 0 Å². The molecule has 1 saturated heterocycles. The number of amides is 1. The number of piperidine rings is 1. The number of ether oxygens (including phenoxy) is 1. The van der Waals surface area contributed by atoms with Gasteiger partial charge in [0.1, 0.15) is 5.75 Å². The van der Waals surface area contributed by atoms with Gasteiger partial charge in [0.15, 0.2) is 0 Å². The molecule has 0 N–H and O–H groups in total. The monoisotopic (exact) mass is 445 g/mol. The highest BCUT2D eigenvalue weighted by atomic mass is 16.6. The number of non-ortho nitro benzene ring substituents is 1. The minimum Gasteiger partial charge on any atom is -0.497 e. The molecule has 0 unspecified atom stereocenters. The van der Waals surface area contributed by atoms with Crippen LogP contribution in [0.1, 0.15) is 28.8 Å². The van der Waals surface area contributed by atoms with Crippen molar-refractivity contribution in [3.63, 3.8) is 0 Å². The molecule has 170 valence electrons. The third-order valence-corrected chi connectivity index (χ3v) is 6.04. The molecular formula is C26H27N3O4. The van der Waals surface area contributed by atoms with Gasteiger partial charge in [0.2, 0.25) is 0 Å². The molecule has 7 nitrogen and oxygen atoms in total. The van der Waals surface area contributed by atoms with Crippen LogP contribution in [0.15, 0.2) is 78.9 Å². The third-order valence-electron chi connectivity index (χ3n) is 6.04. The van der Waals surface area contributed by atoms with E-state index in [0.29, 0.717) is 12.1 Å². The molecule has 3 aromatic carbocycles. The second kappa shape index (κ2) is 10.3. The average molecular weight is 446 g/mol. The van der Waals surface area contributed by atoms with E-state index in [1.807, 2.05) is 65.6 Å². The van der Waals surface area contributed by atoms with E-state index in [4.69, 9.17) is 4.74 Å². The summed E-state index contributed by atoms with van der Waals surface area (Å²) in [6, 6.07) is 23.8. The number of hydrogen-bond acceptors (Lipinski definition) is 5. The second-order valence-electron chi connectivity index (χ2n) is 8.17. The van der Waals surface area contributed by atoms with Gasteiger partial charge in [-0.3, -0.25) is 19.8 Å². The van der Waals surface area contributed by atoms with Crippen LogP contribution in [0.4, 0.5) is 11.4 Å². The van der Waals surface area contributed by atoms with Crippen molar-refractivity contribution in [2.24, 2.45) is 0 Å². The summed E-state index contributed by atoms with van der Waals surface area (Å²) in [5.41, 5.74) is 2.55. The van der Waals surface area contributed by atoms with E-state index < -0.39 is 0 Å². The molecule has 0 radical (unpaired) electrons. The summed E-state index contributed by atoms with van der Waals surface area (Å²) in [5, 5.41) is 11.1. The van der Waals surface area contributed by atoms with Crippen molar-refractivity contribution >= 4 is 17.3 Å². The molecule has 1 amide bonds. The molecule has 0 aromatic heterocycles. The maximum atomic E-state index is 13.5. The summed E-state index contributed by atoms with van der Waals surface area (Å²) in [7, 11) is 1.62. The Hall–Kier alpha value is -3.71. The largest absolute Gasteiger partial charge is 0.497 e. The van der Waals surface area contributed by atoms with Gasteiger partial charge in [-0.05, 0) is 54.8 Å². The topological polar surface area (TPSA) is 75.9 Å². The quantitative estimate of drug-likeness (QED) is 0.381. The molecule has 0 saturated carbocycles. The molecule has 7 heteroatoms. The number of rotatable bonds is 7. The van der Waals surface area contributed by atoms with Crippen LogP contribution in [0.2, 0.25) is 0 Å². The highest BCUT2D eigenvalue weighted by Gasteiger charge is 2.30. The number of anilines is 1. The van der Waals surface area contributed by atoms with Gasteiger partial charge in [0.25, 0.3) is 11.6 Å². The average Bonchev–Trinajstić information content (AvgIpc) is 2.86. The smallest absolute Gasteiger partial charge is 0.269 e. The maximum absolute atomic E-state index is 13.5. The van der Waals surface area contributed by atoms with Gasteiger partial charge >= 0.3 is 0 Å². The lowest BCUT2D eigenvalue weighted by Crippen LogP contribution is -2.47. The summed E-state index contributed by atoms with van der Waals surface area (Å²) in [6.07, 6.45) is 1.64. The van der Waals surface area contributed by atoms with Crippen molar-refractivity contribution < 1.29 is 14.5 Å². The van der Waals surface area contributed by atoms with Crippen LogP contribution in [0, 0.1) is 10.1 Å². The Morgan fingerprint density at radius 1 is 1.03 bits per heavy atom. The molecule has 1 heterocycles. The lowest BCUT2D eigenvalue weighted by Gasteiger charge is -2.38. The van der Waals surface area contributed by atoms with Crippen LogP contribution in [-0.4, -0.2) is 42.0 Å². The van der Waals surface area contributed by atoms with E-state index in [1.54, 1.807) is 19.2 Å². The minimum absolute atomic E-state index is 0.0158. The van der Waals surface area contributed by atoms with Crippen LogP contribution >= 0.6 is 0 Å². The van der Waals surface area contributed by atoms with Gasteiger partial charge in [0.05, 0.1) is 12.0 Å². The number of benzene rings is 3. The van der Waals surface area contributed by atoms with Crippen molar-refractivity contribution in [2.75, 3.05) is 25.1 Å². The number of carbonyl (C=O) groups is 1. The zero-order valence-corrected chi connectivity index (χ0v) is 18.6. The molecular weight excluding hydrogens is 418 g/mol. The Bertz CT molecular complexity index is 1090. The number of nitro groups is 1. The Labute approximate surface area is 193 Å². The Morgan fingerprint density at radius 3 is 2.36 bits per heavy atom. The molecule has 0 spiro atoms. The zero-order chi connectivity index (χ0) is 23.2. The number of methoxy groups -OCH3 is 1. The van der Waals surface area contributed by atoms with Gasteiger partial charge in [-0.15, -0.1) is 0 Å². The normalized spacial score (nSPS) is 14.6. The van der Waals surface area contributed by atoms with Crippen molar-refractivity contribution in [3.05, 3.63) is 100 Å². The molecule has 0 aliphatic carbocycles. The van der Waals surface area contributed by atoms with Gasteiger partial charge in [-0.2, -0.15) is 0 Å². The first kappa shape index (κ1) is 22.5. The summed E-state index contributed by atoms with van der Waals surface area (Å²) in [6.45, 7) is 2.27. The summed E-state index contributed by atoms with van der Waals surface area (Å²) >= 11 is 0. The maximum Gasteiger partial charge on any atom is 0.269 e. The van der Waals surface area contributed by atoms with E-state index in [2.05, 4.69) is 4.90 Å². The second-order valence-corrected chi connectivity index (χ2v) is 8.17. The van der Waals surface area contributed by atoms with Crippen molar-refractivity contribution in [1.82, 2.24) is 4.90 Å². The highest BCUT2D eigenvalue weighted by molar-refractivity contribution is 6.06. The number of nitrogens with zero attached hydrogens (tertiary/aromatic N) is 3. The standard InChI is InChI=1S/C26H27N3O4/c1-33-25-12-10-22(11-13-25)28(26(30)21-7-3-2-4-8-21)23-14-16-27(17-15-23)19-20-6-5-9-24(18-20)29(31)32/h2-13,18,23H,14-17,19H2,1H3. The molecule has 0 bridgehead atoms. The Kier molecular flexibility index (Phi) is 7.00. The van der Waals surface area contributed by atoms with Crippen LogP contribution in [0.5, 0.6) is 5.75 Å². The molecule has 1 aliphatic rings. The molecule has 4 rings (SSSR count). The number of carbonyl (C=O) groups excluding carboxylic acids is 1. The fourth-order valence-electron chi connectivity index (χ4n) is 4.32. The zero-order valence-electron chi connectivity index (χ0n) is 18.6. The predicted octanol–water partition coefficient (Wildman–Crippen LogP) is 4.91. The molecule has 1 aliphatic heterocycles. The summed E-state index contributed by atoms with van der Waals surface area (Å²) in [5.74, 6) is 0.732. The van der Waals surface area contributed by atoms with Gasteiger partial charge < -0.3 is 9.64 Å². The Balaban J connectivity index is 1.49. The first-order chi connectivity index (χ1) is 16.0.